The van der Waals surface area contributed by atoms with E-state index < -0.39 is 6.04 Å². The summed E-state index contributed by atoms with van der Waals surface area (Å²) >= 11 is 0. The third-order valence-electron chi connectivity index (χ3n) is 5.77. The van der Waals surface area contributed by atoms with Crippen molar-refractivity contribution in [3.05, 3.63) is 89.2 Å². The molecule has 2 aromatic carbocycles. The molecule has 0 fully saturated rings. The van der Waals surface area contributed by atoms with Gasteiger partial charge in [-0.15, -0.1) is 0 Å². The monoisotopic (exact) mass is 480 g/mol. The fraction of sp³-hybridized carbons (Fsp3) is 0.115. The van der Waals surface area contributed by atoms with Gasteiger partial charge in [-0.05, 0) is 42.3 Å². The zero-order valence-corrected chi connectivity index (χ0v) is 19.7. The van der Waals surface area contributed by atoms with Crippen LogP contribution >= 0.6 is 0 Å². The van der Waals surface area contributed by atoms with Crippen LogP contribution in [0.5, 0.6) is 5.88 Å². The molecule has 0 aliphatic carbocycles. The van der Waals surface area contributed by atoms with Gasteiger partial charge in [0.25, 0.3) is 5.56 Å². The Morgan fingerprint density at radius 3 is 2.58 bits per heavy atom. The smallest absolute Gasteiger partial charge is 0.266 e. The number of nitrogens with zero attached hydrogens (tertiary/aromatic N) is 5. The number of nitrogens with one attached hydrogen (secondary N) is 1. The minimum atomic E-state index is -0.455. The summed E-state index contributed by atoms with van der Waals surface area (Å²) in [4.78, 5) is 31.4. The van der Waals surface area contributed by atoms with Gasteiger partial charge in [-0.1, -0.05) is 30.3 Å². The molecule has 3 aromatic heterocycles. The average Bonchev–Trinajstić information content (AvgIpc) is 2.90. The number of ether oxygens (including phenoxy) is 1. The number of methoxy groups -OCH3 is 1. The Hall–Kier alpha value is -4.99. The molecule has 0 bridgehead atoms. The Morgan fingerprint density at radius 1 is 1.00 bits per heavy atom. The molecule has 0 unspecified atom stereocenters. The number of para-hydroxylation sites is 1. The highest BCUT2D eigenvalue weighted by molar-refractivity contribution is 5.94. The van der Waals surface area contributed by atoms with Crippen molar-refractivity contribution in [1.82, 2.24) is 24.5 Å². The minimum Gasteiger partial charge on any atom is -0.481 e. The van der Waals surface area contributed by atoms with E-state index in [2.05, 4.69) is 20.3 Å². The van der Waals surface area contributed by atoms with E-state index >= 15 is 0 Å². The summed E-state index contributed by atoms with van der Waals surface area (Å²) in [6.45, 7) is 1.88. The van der Waals surface area contributed by atoms with E-state index in [1.807, 2.05) is 61.5 Å². The molecule has 36 heavy (non-hydrogen) atoms. The molecule has 1 atom stereocenters. The number of fused-ring (bicyclic) bond motifs is 1. The highest BCUT2D eigenvalue weighted by Gasteiger charge is 2.21. The molecule has 0 saturated heterocycles. The van der Waals surface area contributed by atoms with Gasteiger partial charge in [-0.25, -0.2) is 15.0 Å². The number of nitrogen functional groups attached to an aromatic ring is 2. The van der Waals surface area contributed by atoms with Crippen molar-refractivity contribution >= 4 is 28.4 Å². The van der Waals surface area contributed by atoms with Crippen LogP contribution in [0.4, 0.5) is 17.5 Å². The van der Waals surface area contributed by atoms with Crippen molar-refractivity contribution in [2.45, 2.75) is 13.0 Å². The third kappa shape index (κ3) is 4.16. The zero-order chi connectivity index (χ0) is 25.2. The standard InChI is InChI=1S/C26H24N8O2/c1-15(31-23-19(27)14-30-26(28)33-23)24-32-20-10-6-9-18(16-11-12-29-21(13-16)36-2)22(20)25(35)34(24)17-7-4-3-5-8-17/h3-15H,27H2,1-2H3,(H3,28,30,31,33)/t15-/m0/s1. The Labute approximate surface area is 206 Å². The summed E-state index contributed by atoms with van der Waals surface area (Å²) in [5.41, 5.74) is 14.7. The Bertz CT molecular complexity index is 1620. The summed E-state index contributed by atoms with van der Waals surface area (Å²) < 4.78 is 6.89. The van der Waals surface area contributed by atoms with Gasteiger partial charge in [-0.2, -0.15) is 4.98 Å². The van der Waals surface area contributed by atoms with Crippen LogP contribution in [0.2, 0.25) is 0 Å². The van der Waals surface area contributed by atoms with E-state index in [9.17, 15) is 4.79 Å². The van der Waals surface area contributed by atoms with E-state index in [4.69, 9.17) is 21.2 Å². The summed E-state index contributed by atoms with van der Waals surface area (Å²) in [6.07, 6.45) is 3.08. The Kier molecular flexibility index (Phi) is 5.91. The van der Waals surface area contributed by atoms with Crippen molar-refractivity contribution < 1.29 is 4.74 Å². The maximum absolute atomic E-state index is 14.2. The van der Waals surface area contributed by atoms with E-state index in [-0.39, 0.29) is 11.5 Å². The fourth-order valence-corrected chi connectivity index (χ4v) is 4.08. The van der Waals surface area contributed by atoms with Crippen LogP contribution in [-0.4, -0.2) is 31.6 Å². The number of pyridine rings is 1. The largest absolute Gasteiger partial charge is 0.481 e. The Balaban J connectivity index is 1.74. The van der Waals surface area contributed by atoms with Gasteiger partial charge >= 0.3 is 0 Å². The molecular formula is C26H24N8O2. The number of aromatic nitrogens is 5. The average molecular weight is 481 g/mol. The van der Waals surface area contributed by atoms with Crippen LogP contribution in [-0.2, 0) is 0 Å². The van der Waals surface area contributed by atoms with Crippen LogP contribution in [0.3, 0.4) is 0 Å². The van der Waals surface area contributed by atoms with Crippen LogP contribution < -0.4 is 27.1 Å². The highest BCUT2D eigenvalue weighted by atomic mass is 16.5. The molecule has 5 rings (SSSR count). The lowest BCUT2D eigenvalue weighted by molar-refractivity contribution is 0.398. The molecule has 0 saturated carbocycles. The van der Waals surface area contributed by atoms with E-state index in [1.54, 1.807) is 23.9 Å². The molecule has 180 valence electrons. The lowest BCUT2D eigenvalue weighted by Gasteiger charge is -2.21. The first-order valence-corrected chi connectivity index (χ1v) is 11.2. The van der Waals surface area contributed by atoms with Gasteiger partial charge in [0.15, 0.2) is 5.82 Å². The number of hydrogen-bond donors (Lipinski definition) is 3. The predicted octanol–water partition coefficient (Wildman–Crippen LogP) is 3.58. The van der Waals surface area contributed by atoms with Gasteiger partial charge in [0, 0.05) is 12.3 Å². The molecule has 0 aliphatic rings. The van der Waals surface area contributed by atoms with Crippen molar-refractivity contribution in [3.63, 3.8) is 0 Å². The second kappa shape index (κ2) is 9.34. The second-order valence-electron chi connectivity index (χ2n) is 8.13. The Morgan fingerprint density at radius 2 is 1.81 bits per heavy atom. The first-order valence-electron chi connectivity index (χ1n) is 11.2. The van der Waals surface area contributed by atoms with Gasteiger partial charge in [-0.3, -0.25) is 9.36 Å². The SMILES string of the molecule is COc1cc(-c2cccc3nc([C@H](C)Nc4nc(N)ncc4N)n(-c4ccccc4)c(=O)c23)ccn1. The van der Waals surface area contributed by atoms with E-state index in [0.717, 1.165) is 11.1 Å². The third-order valence-corrected chi connectivity index (χ3v) is 5.77. The van der Waals surface area contributed by atoms with Crippen molar-refractivity contribution in [2.75, 3.05) is 23.9 Å². The van der Waals surface area contributed by atoms with Crippen molar-refractivity contribution in [3.8, 4) is 22.7 Å². The predicted molar refractivity (Wildman–Crippen MR) is 140 cm³/mol. The first-order chi connectivity index (χ1) is 17.5. The molecule has 5 N–H and O–H groups in total. The van der Waals surface area contributed by atoms with Crippen molar-refractivity contribution in [1.29, 1.82) is 0 Å². The summed E-state index contributed by atoms with van der Waals surface area (Å²) in [5, 5.41) is 3.71. The van der Waals surface area contributed by atoms with Crippen LogP contribution in [0.1, 0.15) is 18.8 Å². The lowest BCUT2D eigenvalue weighted by atomic mass is 10.0. The maximum Gasteiger partial charge on any atom is 0.266 e. The van der Waals surface area contributed by atoms with Crippen molar-refractivity contribution in [2.24, 2.45) is 0 Å². The normalized spacial score (nSPS) is 11.8. The fourth-order valence-electron chi connectivity index (χ4n) is 4.08. The molecule has 0 amide bonds. The molecule has 3 heterocycles. The van der Waals surface area contributed by atoms with Gasteiger partial charge in [0.1, 0.15) is 5.82 Å². The minimum absolute atomic E-state index is 0.0863. The molecule has 0 radical (unpaired) electrons. The van der Waals surface area contributed by atoms with Crippen LogP contribution in [0, 0.1) is 0 Å². The quantitative estimate of drug-likeness (QED) is 0.332. The highest BCUT2D eigenvalue weighted by Crippen LogP contribution is 2.30. The van der Waals surface area contributed by atoms with Gasteiger partial charge < -0.3 is 21.5 Å². The van der Waals surface area contributed by atoms with Gasteiger partial charge in [0.05, 0.1) is 41.6 Å². The second-order valence-corrected chi connectivity index (χ2v) is 8.13. The maximum atomic E-state index is 14.2. The molecule has 10 heteroatoms. The number of hydrogen-bond acceptors (Lipinski definition) is 9. The van der Waals surface area contributed by atoms with Gasteiger partial charge in [0.2, 0.25) is 11.8 Å². The number of nitrogens with two attached hydrogens (primary N) is 2. The summed E-state index contributed by atoms with van der Waals surface area (Å²) in [7, 11) is 1.55. The topological polar surface area (TPSA) is 147 Å². The number of rotatable bonds is 6. The molecule has 5 aromatic rings. The molecule has 0 aliphatic heterocycles. The first kappa shape index (κ1) is 22.8. The molecular weight excluding hydrogens is 456 g/mol. The van der Waals surface area contributed by atoms with E-state index in [1.165, 1.54) is 6.20 Å². The zero-order valence-electron chi connectivity index (χ0n) is 19.7. The van der Waals surface area contributed by atoms with Crippen LogP contribution in [0.15, 0.2) is 77.9 Å². The van der Waals surface area contributed by atoms with Crippen LogP contribution in [0.25, 0.3) is 27.7 Å². The summed E-state index contributed by atoms with van der Waals surface area (Å²) in [6, 6.07) is 18.1. The van der Waals surface area contributed by atoms with E-state index in [0.29, 0.717) is 39.8 Å². The lowest BCUT2D eigenvalue weighted by Crippen LogP contribution is -2.28. The number of anilines is 3. The summed E-state index contributed by atoms with van der Waals surface area (Å²) in [5.74, 6) is 1.39. The number of benzene rings is 2. The molecule has 0 spiro atoms. The molecule has 10 nitrogen and oxygen atoms in total.